The largest absolute Gasteiger partial charge is 0.493 e. The molecule has 3 aromatic rings. The van der Waals surface area contributed by atoms with Crippen molar-refractivity contribution >= 4 is 16.3 Å². The smallest absolute Gasteiger partial charge is 0.317 e. The second-order valence-electron chi connectivity index (χ2n) is 14.6. The second kappa shape index (κ2) is 28.3. The van der Waals surface area contributed by atoms with Gasteiger partial charge in [-0.25, -0.2) is 0 Å². The summed E-state index contributed by atoms with van der Waals surface area (Å²) in [5.74, 6) is 3.87. The van der Waals surface area contributed by atoms with Crippen molar-refractivity contribution in [2.45, 2.75) is 155 Å². The van der Waals surface area contributed by atoms with Crippen molar-refractivity contribution < 1.29 is 51.6 Å². The standard InChI is InChI=1S/C49H76O11S/c1-11-21-46(50)60-61(47-40(54-25-15-5)31-37(51-22-12-2)32-41(47)55-26-16-6,48-42(56-27-17-7)33-38(52-23-13-3)34-43(48)57-28-18-8)49-44(58-29-19-9)35-39(53-24-14-4)36-45(49)59-30-20-10/h31-36H,11-30H2,1-10H3. The van der Waals surface area contributed by atoms with Crippen LogP contribution in [0.2, 0.25) is 0 Å². The molecule has 12 heteroatoms. The average molecular weight is 873 g/mol. The normalized spacial score (nSPS) is 11.4. The maximum Gasteiger partial charge on any atom is 0.317 e. The summed E-state index contributed by atoms with van der Waals surface area (Å²) >= 11 is 0. The predicted molar refractivity (Wildman–Crippen MR) is 245 cm³/mol. The average Bonchev–Trinajstić information content (AvgIpc) is 3.26. The van der Waals surface area contributed by atoms with E-state index in [2.05, 4.69) is 62.3 Å². The van der Waals surface area contributed by atoms with Crippen molar-refractivity contribution in [3.63, 3.8) is 0 Å². The van der Waals surface area contributed by atoms with E-state index in [1.807, 2.05) is 43.3 Å². The van der Waals surface area contributed by atoms with E-state index in [1.54, 1.807) is 0 Å². The minimum absolute atomic E-state index is 0.130. The van der Waals surface area contributed by atoms with Crippen molar-refractivity contribution in [2.24, 2.45) is 0 Å². The Hall–Kier alpha value is -4.32. The van der Waals surface area contributed by atoms with Crippen LogP contribution in [0, 0.1) is 0 Å². The van der Waals surface area contributed by atoms with Crippen LogP contribution in [0.4, 0.5) is 0 Å². The number of hydrogen-bond donors (Lipinski definition) is 0. The van der Waals surface area contributed by atoms with Gasteiger partial charge in [-0.1, -0.05) is 69.2 Å². The monoisotopic (exact) mass is 873 g/mol. The fourth-order valence-electron chi connectivity index (χ4n) is 6.15. The minimum Gasteiger partial charge on any atom is -0.493 e. The van der Waals surface area contributed by atoms with Crippen molar-refractivity contribution in [3.05, 3.63) is 36.4 Å². The molecule has 3 aromatic carbocycles. The lowest BCUT2D eigenvalue weighted by Gasteiger charge is -2.43. The van der Waals surface area contributed by atoms with Gasteiger partial charge in [-0.05, 0) is 64.2 Å². The van der Waals surface area contributed by atoms with Gasteiger partial charge < -0.3 is 46.8 Å². The van der Waals surface area contributed by atoms with E-state index in [4.69, 9.17) is 46.8 Å². The number of benzene rings is 3. The molecule has 344 valence electrons. The summed E-state index contributed by atoms with van der Waals surface area (Å²) in [4.78, 5) is 16.3. The van der Waals surface area contributed by atoms with Gasteiger partial charge in [-0.3, -0.25) is 4.79 Å². The Morgan fingerprint density at radius 2 is 0.557 bits per heavy atom. The molecule has 0 spiro atoms. The van der Waals surface area contributed by atoms with E-state index in [1.165, 1.54) is 0 Å². The number of rotatable bonds is 33. The highest BCUT2D eigenvalue weighted by molar-refractivity contribution is 8.30. The van der Waals surface area contributed by atoms with Crippen LogP contribution in [0.25, 0.3) is 0 Å². The third-order valence-corrected chi connectivity index (χ3v) is 12.1. The van der Waals surface area contributed by atoms with Crippen LogP contribution in [-0.2, 0) is 8.98 Å². The molecule has 0 saturated carbocycles. The molecule has 61 heavy (non-hydrogen) atoms. The summed E-state index contributed by atoms with van der Waals surface area (Å²) < 4.78 is 67.2. The van der Waals surface area contributed by atoms with Gasteiger partial charge in [0.05, 0.1) is 59.5 Å². The zero-order valence-electron chi connectivity index (χ0n) is 39.0. The zero-order valence-corrected chi connectivity index (χ0v) is 39.8. The summed E-state index contributed by atoms with van der Waals surface area (Å²) in [5, 5.41) is 0. The zero-order chi connectivity index (χ0) is 44.5. The van der Waals surface area contributed by atoms with Gasteiger partial charge in [0.15, 0.2) is 0 Å². The van der Waals surface area contributed by atoms with E-state index in [0.717, 1.165) is 19.3 Å². The van der Waals surface area contributed by atoms with Gasteiger partial charge in [0, 0.05) is 53.1 Å². The van der Waals surface area contributed by atoms with Crippen molar-refractivity contribution in [1.29, 1.82) is 0 Å². The van der Waals surface area contributed by atoms with E-state index in [0.29, 0.717) is 171 Å². The van der Waals surface area contributed by atoms with Gasteiger partial charge in [-0.15, -0.1) is 0 Å². The van der Waals surface area contributed by atoms with E-state index in [-0.39, 0.29) is 6.42 Å². The third-order valence-electron chi connectivity index (χ3n) is 8.71. The molecule has 0 N–H and O–H groups in total. The molecule has 0 radical (unpaired) electrons. The van der Waals surface area contributed by atoms with Crippen LogP contribution in [-0.4, -0.2) is 65.4 Å². The van der Waals surface area contributed by atoms with Crippen LogP contribution in [0.1, 0.15) is 140 Å². The molecule has 0 aliphatic rings. The van der Waals surface area contributed by atoms with Gasteiger partial charge in [0.25, 0.3) is 0 Å². The van der Waals surface area contributed by atoms with E-state index < -0.39 is 16.3 Å². The molecule has 0 unspecified atom stereocenters. The van der Waals surface area contributed by atoms with Gasteiger partial charge in [0.1, 0.15) is 66.4 Å². The molecule has 0 aromatic heterocycles. The third kappa shape index (κ3) is 14.4. The van der Waals surface area contributed by atoms with Crippen LogP contribution in [0.3, 0.4) is 0 Å². The summed E-state index contributed by atoms with van der Waals surface area (Å²) in [6.45, 7) is 24.1. The summed E-state index contributed by atoms with van der Waals surface area (Å²) in [7, 11) is -3.50. The highest BCUT2D eigenvalue weighted by Crippen LogP contribution is 2.80. The summed E-state index contributed by atoms with van der Waals surface area (Å²) in [6, 6.07) is 11.3. The lowest BCUT2D eigenvalue weighted by molar-refractivity contribution is -0.133. The van der Waals surface area contributed by atoms with Crippen molar-refractivity contribution in [3.8, 4) is 51.7 Å². The highest BCUT2D eigenvalue weighted by atomic mass is 32.3. The molecule has 0 amide bonds. The molecular weight excluding hydrogens is 797 g/mol. The molecular formula is C49H76O11S. The van der Waals surface area contributed by atoms with Crippen LogP contribution >= 0.6 is 10.3 Å². The van der Waals surface area contributed by atoms with Crippen molar-refractivity contribution in [2.75, 3.05) is 59.5 Å². The SMILES string of the molecule is CCCOc1cc(OCCC)c(S(OC(=O)CCC)(c2c(OCCC)cc(OCCC)cc2OCCC)c2c(OCCC)cc(OCCC)cc2OCCC)c(OCCC)c1. The first-order chi connectivity index (χ1) is 29.8. The maximum atomic E-state index is 14.8. The first kappa shape index (κ1) is 51.0. The molecule has 0 atom stereocenters. The second-order valence-corrected chi connectivity index (χ2v) is 17.1. The minimum atomic E-state index is -3.50. The predicted octanol–water partition coefficient (Wildman–Crippen LogP) is 13.3. The molecule has 11 nitrogen and oxygen atoms in total. The number of carbonyl (C=O) groups excluding carboxylic acids is 1. The van der Waals surface area contributed by atoms with Gasteiger partial charge in [-0.2, -0.15) is 0 Å². The Morgan fingerprint density at radius 3 is 0.754 bits per heavy atom. The molecule has 0 bridgehead atoms. The Balaban J connectivity index is 2.96. The first-order valence-corrected chi connectivity index (χ1v) is 24.6. The Labute approximate surface area is 368 Å². The van der Waals surface area contributed by atoms with Crippen molar-refractivity contribution in [1.82, 2.24) is 0 Å². The Morgan fingerprint density at radius 1 is 0.344 bits per heavy atom. The Kier molecular flexibility index (Phi) is 23.7. The molecule has 0 heterocycles. The highest BCUT2D eigenvalue weighted by Gasteiger charge is 2.50. The molecule has 3 rings (SSSR count). The topological polar surface area (TPSA) is 109 Å². The number of hydrogen-bond acceptors (Lipinski definition) is 11. The van der Waals surface area contributed by atoms with Crippen LogP contribution in [0.5, 0.6) is 51.7 Å². The fourth-order valence-corrected chi connectivity index (χ4v) is 9.78. The molecule has 0 saturated heterocycles. The van der Waals surface area contributed by atoms with Crippen LogP contribution in [0.15, 0.2) is 51.1 Å². The van der Waals surface area contributed by atoms with Gasteiger partial charge in [0.2, 0.25) is 0 Å². The quantitative estimate of drug-likeness (QED) is 0.0583. The van der Waals surface area contributed by atoms with E-state index in [9.17, 15) is 4.79 Å². The van der Waals surface area contributed by atoms with E-state index >= 15 is 0 Å². The number of carbonyl (C=O) groups is 1. The number of ether oxygens (including phenoxy) is 9. The summed E-state index contributed by atoms with van der Waals surface area (Å²) in [6.07, 6.45) is 7.32. The maximum absolute atomic E-state index is 14.8. The first-order valence-electron chi connectivity index (χ1n) is 23.0. The molecule has 0 fully saturated rings. The summed E-state index contributed by atoms with van der Waals surface area (Å²) in [5.41, 5.74) is 0. The van der Waals surface area contributed by atoms with Crippen LogP contribution < -0.4 is 42.6 Å². The lowest BCUT2D eigenvalue weighted by Crippen LogP contribution is -2.20. The molecule has 0 aliphatic heterocycles. The Bertz CT molecular complexity index is 1460. The molecule has 0 aliphatic carbocycles. The van der Waals surface area contributed by atoms with Gasteiger partial charge >= 0.3 is 5.97 Å². The fraction of sp³-hybridized carbons (Fsp3) is 0.612. The lowest BCUT2D eigenvalue weighted by atomic mass is 10.2.